The van der Waals surface area contributed by atoms with Crippen molar-refractivity contribution in [1.82, 2.24) is 71.0 Å². The summed E-state index contributed by atoms with van der Waals surface area (Å²) in [6.07, 6.45) is 10.9. The third-order valence-corrected chi connectivity index (χ3v) is 24.9. The van der Waals surface area contributed by atoms with Crippen LogP contribution in [-0.4, -0.2) is 154 Å². The molecule has 0 unspecified atom stereocenters. The van der Waals surface area contributed by atoms with Crippen molar-refractivity contribution in [3.63, 3.8) is 0 Å². The van der Waals surface area contributed by atoms with Gasteiger partial charge in [0.2, 0.25) is 39.2 Å². The number of nitrogens with one attached hydrogen (secondary N) is 4. The van der Waals surface area contributed by atoms with Crippen LogP contribution in [0, 0.1) is 51.2 Å². The zero-order valence-electron chi connectivity index (χ0n) is 78.3. The lowest BCUT2D eigenvalue weighted by molar-refractivity contribution is -0.122. The van der Waals surface area contributed by atoms with Crippen LogP contribution in [-0.2, 0) is 50.0 Å². The summed E-state index contributed by atoms with van der Waals surface area (Å²) >= 11 is 0. The fourth-order valence-electron chi connectivity index (χ4n) is 18.0. The number of hydrogen-bond donors (Lipinski definition) is 4. The monoisotopic (exact) mass is 1870 g/mol. The summed E-state index contributed by atoms with van der Waals surface area (Å²) in [7, 11) is -1.67. The Kier molecular flexibility index (Phi) is 30.6. The number of piperidine rings is 1. The summed E-state index contributed by atoms with van der Waals surface area (Å²) < 4.78 is 81.2. The summed E-state index contributed by atoms with van der Waals surface area (Å²) in [5.41, 5.74) is 16.2. The molecule has 18 rings (SSSR count). The first-order valence-corrected chi connectivity index (χ1v) is 47.9. The number of amides is 4. The molecular weight excluding hydrogens is 1760 g/mol. The molecule has 706 valence electrons. The number of likely N-dealkylation sites (tertiary alicyclic amines) is 2. The largest absolute Gasteiger partial charge is 0.501 e. The third kappa shape index (κ3) is 23.1. The molecule has 2 aliphatic heterocycles. The van der Waals surface area contributed by atoms with Crippen molar-refractivity contribution in [3.05, 3.63) is 225 Å². The van der Waals surface area contributed by atoms with E-state index in [1.165, 1.54) is 12.8 Å². The van der Waals surface area contributed by atoms with Crippen LogP contribution in [0.1, 0.15) is 205 Å². The van der Waals surface area contributed by atoms with Gasteiger partial charge in [-0.2, -0.15) is 41.0 Å². The van der Waals surface area contributed by atoms with E-state index in [0.29, 0.717) is 159 Å². The molecule has 6 heterocycles. The number of nitriles is 4. The van der Waals surface area contributed by atoms with E-state index in [4.69, 9.17) is 46.5 Å². The molecule has 8 aromatic carbocycles. The van der Waals surface area contributed by atoms with Crippen molar-refractivity contribution in [1.29, 1.82) is 21.0 Å². The highest BCUT2D eigenvalue weighted by molar-refractivity contribution is 7.88. The maximum absolute atomic E-state index is 13.0. The zero-order chi connectivity index (χ0) is 96.7. The highest BCUT2D eigenvalue weighted by Crippen LogP contribution is 2.44. The van der Waals surface area contributed by atoms with Gasteiger partial charge in [-0.05, 0) is 270 Å². The van der Waals surface area contributed by atoms with E-state index in [-0.39, 0.29) is 60.5 Å². The molecule has 4 aromatic heterocycles. The lowest BCUT2D eigenvalue weighted by Crippen LogP contribution is -2.45. The molecule has 33 nitrogen and oxygen atoms in total. The summed E-state index contributed by atoms with van der Waals surface area (Å²) in [5.74, 6) is 6.42. The first kappa shape index (κ1) is 96.5. The minimum Gasteiger partial charge on any atom is -0.501 e. The lowest BCUT2D eigenvalue weighted by Gasteiger charge is -2.33. The van der Waals surface area contributed by atoms with Gasteiger partial charge in [0.05, 0.1) is 97.1 Å². The van der Waals surface area contributed by atoms with Crippen LogP contribution < -0.4 is 39.6 Å². The Morgan fingerprint density at radius 3 is 1.09 bits per heavy atom. The highest BCUT2D eigenvalue weighted by Gasteiger charge is 2.36. The molecule has 0 spiro atoms. The van der Waals surface area contributed by atoms with Crippen LogP contribution in [0.3, 0.4) is 0 Å². The zero-order valence-corrected chi connectivity index (χ0v) is 79.1. The Balaban J connectivity index is 0.000000139. The molecule has 0 radical (unpaired) electrons. The van der Waals surface area contributed by atoms with Gasteiger partial charge in [0, 0.05) is 69.6 Å². The topological polar surface area (TPSA) is 446 Å². The number of ether oxygens (including phenoxy) is 6. The maximum atomic E-state index is 13.0. The van der Waals surface area contributed by atoms with E-state index in [9.17, 15) is 43.8 Å². The smallest absolute Gasteiger partial charge is 0.407 e. The van der Waals surface area contributed by atoms with E-state index in [1.54, 1.807) is 74.7 Å². The number of aromatic nitrogens is 8. The number of nitrogens with zero attached hydrogens (tertiary/aromatic N) is 14. The van der Waals surface area contributed by atoms with Crippen molar-refractivity contribution in [2.75, 3.05) is 52.7 Å². The first-order chi connectivity index (χ1) is 66.1. The molecule has 12 aromatic rings. The number of benzene rings is 8. The maximum Gasteiger partial charge on any atom is 0.407 e. The van der Waals surface area contributed by atoms with Gasteiger partial charge >= 0.3 is 12.1 Å². The van der Waals surface area contributed by atoms with E-state index in [2.05, 4.69) is 109 Å². The molecule has 4 N–H and O–H groups in total. The van der Waals surface area contributed by atoms with Crippen LogP contribution in [0.2, 0.25) is 0 Å². The van der Waals surface area contributed by atoms with Gasteiger partial charge in [-0.25, -0.2) is 22.7 Å². The van der Waals surface area contributed by atoms with Gasteiger partial charge in [0.25, 0.3) is 23.6 Å². The average molecular weight is 1870 g/mol. The molecule has 0 saturated carbocycles. The SMILES string of the molecule is C=C(OC)C1CCN(C(=O)N[C@H]2CCc3c(-c4noc(-c5ccc(OC(C)C)c(C#N)c5)n4)cccc32)CC1.CC(C)Oc1ccc(-c2nc(-c3cccc4c3CC[C@@H]4NS(C)(=O)=O)no2)cc1C#N.CC(C)Oc1ccc(-c2nc(-c3cccc4c3CC[C@H]4NC(=O)CN3CCCC3)no2)cc1C#N.CCOC(=O)N[C@H]1CCc2c(-c3noc(-c4ccc(OC(C)C)c(C#N)c4)n3)cccc21. The number of sulfonamides is 1. The van der Waals surface area contributed by atoms with Crippen molar-refractivity contribution >= 4 is 28.1 Å². The van der Waals surface area contributed by atoms with Crippen LogP contribution in [0.4, 0.5) is 9.59 Å². The second-order valence-electron chi connectivity index (χ2n) is 35.2. The van der Waals surface area contributed by atoms with Crippen LogP contribution in [0.5, 0.6) is 23.0 Å². The summed E-state index contributed by atoms with van der Waals surface area (Å²) in [4.78, 5) is 59.9. The highest BCUT2D eigenvalue weighted by atomic mass is 32.2. The fourth-order valence-corrected chi connectivity index (χ4v) is 18.8. The number of hydrogen-bond acceptors (Lipinski definition) is 28. The number of methoxy groups -OCH3 is 1. The second kappa shape index (κ2) is 43.5. The molecule has 4 aliphatic carbocycles. The summed E-state index contributed by atoms with van der Waals surface area (Å²) in [6.45, 7) is 25.2. The fraction of sp³-hybridized carbons (Fsp3) is 0.369. The van der Waals surface area contributed by atoms with Gasteiger partial charge in [0.15, 0.2) is 0 Å². The predicted molar refractivity (Wildman–Crippen MR) is 508 cm³/mol. The molecular formula is C103H108N18O15S. The molecule has 34 heteroatoms. The molecule has 137 heavy (non-hydrogen) atoms. The van der Waals surface area contributed by atoms with E-state index >= 15 is 0 Å². The lowest BCUT2D eigenvalue weighted by atomic mass is 9.95. The molecule has 6 aliphatic rings. The van der Waals surface area contributed by atoms with Gasteiger partial charge in [0.1, 0.15) is 47.3 Å². The second-order valence-corrected chi connectivity index (χ2v) is 37.0. The standard InChI is InChI=1S/C30H33N5O4.C27H29N5O3.C24H24N4O4.C22H22N4O4S/c1-18(2)38-27-11-8-21(16-22(27)17-31)29-33-28(34-39-29)25-7-5-6-24-23(25)9-10-26(24)32-30(36)35-14-12-20(13-15-35)19(3)37-4;1-17(2)34-24-11-8-18(14-19(24)15-28)27-30-26(31-35-27)22-7-5-6-21-20(22)9-10-23(21)29-25(33)16-32-12-3-4-13-32;1-4-30-24(29)26-20-10-9-17-18(20)6-5-7-19(17)22-27-23(32-28-22)15-8-11-21(31-14(2)3)16(12-15)13-25;1-13(2)29-20-10-7-14(11-15(20)12-23)22-24-21(25-30-22)18-6-4-5-17-16(18)8-9-19(17)26-31(3,27)28/h5-8,11,16,18,20,26H,3,9-10,12-15H2,1-2,4H3,(H,32,36);5-8,11,14,17,23H,3-4,9-10,12-13,16H2,1-2H3,(H,29,33);5-8,11-12,14,20H,4,9-10H2,1-3H3,(H,26,29);4-7,10-11,13,19,26H,8-9H2,1-3H3/t26-;23-;20-;19-/m0100/s1. The van der Waals surface area contributed by atoms with Crippen molar-refractivity contribution in [2.24, 2.45) is 5.92 Å². The van der Waals surface area contributed by atoms with Gasteiger partial charge < -0.3 is 67.4 Å². The number of urea groups is 1. The van der Waals surface area contributed by atoms with Crippen LogP contribution in [0.25, 0.3) is 91.4 Å². The Morgan fingerprint density at radius 2 is 0.774 bits per heavy atom. The number of fused-ring (bicyclic) bond motifs is 4. The van der Waals surface area contributed by atoms with Crippen molar-refractivity contribution in [3.8, 4) is 139 Å². The van der Waals surface area contributed by atoms with Crippen molar-refractivity contribution < 1.29 is 69.3 Å². The van der Waals surface area contributed by atoms with Gasteiger partial charge in [-0.1, -0.05) is 100 Å². The van der Waals surface area contributed by atoms with E-state index in [1.807, 2.05) is 133 Å². The average Bonchev–Trinajstić information content (AvgIpc) is 1.64. The third-order valence-electron chi connectivity index (χ3n) is 24.2. The Hall–Kier alpha value is -15.1. The Bertz CT molecular complexity index is 6730. The number of carbonyl (C=O) groups is 3. The summed E-state index contributed by atoms with van der Waals surface area (Å²) in [5, 5.41) is 64.1. The van der Waals surface area contributed by atoms with E-state index in [0.717, 1.165) is 143 Å². The van der Waals surface area contributed by atoms with Gasteiger partial charge in [-0.15, -0.1) is 0 Å². The number of allylic oxidation sites excluding steroid dienone is 1. The molecule has 2 saturated heterocycles. The normalized spacial score (nSPS) is 16.2. The van der Waals surface area contributed by atoms with Crippen LogP contribution >= 0.6 is 0 Å². The van der Waals surface area contributed by atoms with E-state index < -0.39 is 16.1 Å². The van der Waals surface area contributed by atoms with Crippen molar-refractivity contribution in [2.45, 2.75) is 188 Å². The first-order valence-electron chi connectivity index (χ1n) is 46.0. The summed E-state index contributed by atoms with van der Waals surface area (Å²) in [6, 6.07) is 52.6. The number of alkyl carbamates (subject to hydrolysis) is 1. The quantitative estimate of drug-likeness (QED) is 0.0366. The number of carbonyl (C=O) groups excluding carboxylic acids is 3. The Labute approximate surface area is 794 Å². The Morgan fingerprint density at radius 1 is 0.453 bits per heavy atom. The molecule has 4 amide bonds. The molecule has 2 fully saturated rings. The molecule has 4 atom stereocenters. The molecule has 0 bridgehead atoms. The minimum atomic E-state index is -3.31. The van der Waals surface area contributed by atoms with Gasteiger partial charge in [-0.3, -0.25) is 9.69 Å². The predicted octanol–water partition coefficient (Wildman–Crippen LogP) is 18.3. The minimum absolute atomic E-state index is 0.00175. The number of rotatable bonds is 26. The van der Waals surface area contributed by atoms with Crippen LogP contribution in [0.15, 0.2) is 176 Å².